The number of carbonyl (C=O) groups excluding carboxylic acids is 1. The molecule has 3 aromatic rings. The Kier molecular flexibility index (Phi) is 4.12. The van der Waals surface area contributed by atoms with E-state index in [4.69, 9.17) is 8.83 Å². The smallest absolute Gasteiger partial charge is 0.230 e. The summed E-state index contributed by atoms with van der Waals surface area (Å²) in [6.45, 7) is 0.475. The Labute approximate surface area is 142 Å². The fourth-order valence-corrected chi connectivity index (χ4v) is 3.06. The van der Waals surface area contributed by atoms with Crippen LogP contribution in [0.15, 0.2) is 50.8 Å². The first kappa shape index (κ1) is 15.1. The number of hydrogen-bond acceptors (Lipinski definition) is 6. The Hall–Kier alpha value is -2.48. The van der Waals surface area contributed by atoms with Gasteiger partial charge in [-0.1, -0.05) is 11.8 Å². The van der Waals surface area contributed by atoms with Gasteiger partial charge in [-0.05, 0) is 37.1 Å². The molecule has 0 unspecified atom stereocenters. The van der Waals surface area contributed by atoms with Crippen LogP contribution in [-0.4, -0.2) is 32.5 Å². The lowest BCUT2D eigenvalue weighted by molar-refractivity contribution is -0.118. The van der Waals surface area contributed by atoms with Crippen molar-refractivity contribution in [3.8, 4) is 11.6 Å². The lowest BCUT2D eigenvalue weighted by Gasteiger charge is -2.07. The van der Waals surface area contributed by atoms with Gasteiger partial charge in [0.05, 0.1) is 24.8 Å². The van der Waals surface area contributed by atoms with E-state index in [-0.39, 0.29) is 5.91 Å². The predicted molar refractivity (Wildman–Crippen MR) is 87.4 cm³/mol. The Balaban J connectivity index is 1.54. The van der Waals surface area contributed by atoms with E-state index >= 15 is 0 Å². The minimum Gasteiger partial charge on any atom is -0.467 e. The van der Waals surface area contributed by atoms with Crippen LogP contribution in [0.25, 0.3) is 11.6 Å². The number of rotatable bonds is 7. The molecule has 0 atom stereocenters. The van der Waals surface area contributed by atoms with Gasteiger partial charge in [-0.3, -0.25) is 9.36 Å². The second-order valence-electron chi connectivity index (χ2n) is 5.58. The quantitative estimate of drug-likeness (QED) is 0.663. The highest BCUT2D eigenvalue weighted by atomic mass is 32.2. The first-order valence-corrected chi connectivity index (χ1v) is 8.70. The first-order valence-electron chi connectivity index (χ1n) is 7.71. The van der Waals surface area contributed by atoms with Crippen molar-refractivity contribution in [3.63, 3.8) is 0 Å². The molecular formula is C16H16N4O3S. The van der Waals surface area contributed by atoms with Gasteiger partial charge < -0.3 is 14.2 Å². The zero-order valence-corrected chi connectivity index (χ0v) is 13.7. The maximum absolute atomic E-state index is 11.9. The summed E-state index contributed by atoms with van der Waals surface area (Å²) in [7, 11) is 0. The fourth-order valence-electron chi connectivity index (χ4n) is 2.31. The monoisotopic (exact) mass is 344 g/mol. The predicted octanol–water partition coefficient (Wildman–Crippen LogP) is 2.55. The summed E-state index contributed by atoms with van der Waals surface area (Å²) >= 11 is 1.36. The van der Waals surface area contributed by atoms with E-state index in [1.807, 2.05) is 22.8 Å². The number of nitrogens with zero attached hydrogens (tertiary/aromatic N) is 3. The lowest BCUT2D eigenvalue weighted by atomic mass is 10.4. The molecule has 8 heteroatoms. The normalized spacial score (nSPS) is 14.0. The second kappa shape index (κ2) is 6.56. The molecule has 0 aliphatic heterocycles. The summed E-state index contributed by atoms with van der Waals surface area (Å²) in [6, 6.07) is 7.72. The van der Waals surface area contributed by atoms with Crippen molar-refractivity contribution in [2.75, 3.05) is 5.75 Å². The largest absolute Gasteiger partial charge is 0.467 e. The zero-order valence-electron chi connectivity index (χ0n) is 12.8. The van der Waals surface area contributed by atoms with Crippen molar-refractivity contribution < 1.29 is 13.6 Å². The summed E-state index contributed by atoms with van der Waals surface area (Å²) in [5.41, 5.74) is 0. The van der Waals surface area contributed by atoms with E-state index in [1.54, 1.807) is 18.6 Å². The number of furan rings is 2. The van der Waals surface area contributed by atoms with Crippen LogP contribution < -0.4 is 5.32 Å². The van der Waals surface area contributed by atoms with Crippen LogP contribution in [-0.2, 0) is 11.3 Å². The van der Waals surface area contributed by atoms with Gasteiger partial charge in [-0.15, -0.1) is 10.2 Å². The minimum atomic E-state index is 0.0228. The lowest BCUT2D eigenvalue weighted by Crippen LogP contribution is -2.27. The molecule has 0 aromatic carbocycles. The van der Waals surface area contributed by atoms with Gasteiger partial charge in [0, 0.05) is 6.04 Å². The van der Waals surface area contributed by atoms with Gasteiger partial charge in [-0.25, -0.2) is 0 Å². The molecule has 0 radical (unpaired) electrons. The highest BCUT2D eigenvalue weighted by molar-refractivity contribution is 7.99. The van der Waals surface area contributed by atoms with E-state index < -0.39 is 0 Å². The van der Waals surface area contributed by atoms with Crippen molar-refractivity contribution in [2.45, 2.75) is 30.6 Å². The van der Waals surface area contributed by atoms with Crippen LogP contribution in [0.1, 0.15) is 18.6 Å². The second-order valence-corrected chi connectivity index (χ2v) is 6.52. The molecule has 1 fully saturated rings. The van der Waals surface area contributed by atoms with Crippen LogP contribution >= 0.6 is 11.8 Å². The van der Waals surface area contributed by atoms with E-state index in [0.29, 0.717) is 35.1 Å². The van der Waals surface area contributed by atoms with Gasteiger partial charge in [0.1, 0.15) is 5.76 Å². The number of aromatic nitrogens is 3. The standard InChI is InChI=1S/C16H16N4O3S/c21-14(17-11-5-6-11)10-24-16-19-18-15(13-4-2-8-23-13)20(16)9-12-3-1-7-22-12/h1-4,7-8,11H,5-6,9-10H2,(H,17,21). The maximum Gasteiger partial charge on any atom is 0.230 e. The molecule has 3 heterocycles. The van der Waals surface area contributed by atoms with Gasteiger partial charge in [0.25, 0.3) is 0 Å². The molecule has 124 valence electrons. The molecule has 0 spiro atoms. The molecule has 1 saturated carbocycles. The molecule has 24 heavy (non-hydrogen) atoms. The summed E-state index contributed by atoms with van der Waals surface area (Å²) in [4.78, 5) is 11.9. The molecule has 0 saturated heterocycles. The van der Waals surface area contributed by atoms with Crippen molar-refractivity contribution in [1.29, 1.82) is 0 Å². The van der Waals surface area contributed by atoms with Gasteiger partial charge in [0.15, 0.2) is 10.9 Å². The van der Waals surface area contributed by atoms with E-state index in [0.717, 1.165) is 18.6 Å². The fraction of sp³-hybridized carbons (Fsp3) is 0.312. The third-order valence-corrected chi connectivity index (χ3v) is 4.59. The number of hydrogen-bond donors (Lipinski definition) is 1. The summed E-state index contributed by atoms with van der Waals surface area (Å²) < 4.78 is 12.8. The van der Waals surface area contributed by atoms with Crippen LogP contribution in [0.4, 0.5) is 0 Å². The van der Waals surface area contributed by atoms with Crippen LogP contribution in [0.3, 0.4) is 0 Å². The minimum absolute atomic E-state index is 0.0228. The number of thioether (sulfide) groups is 1. The highest BCUT2D eigenvalue weighted by Gasteiger charge is 2.24. The SMILES string of the molecule is O=C(CSc1nnc(-c2ccco2)n1Cc1ccco1)NC1CC1. The van der Waals surface area contributed by atoms with E-state index in [2.05, 4.69) is 15.5 Å². The van der Waals surface area contributed by atoms with Gasteiger partial charge in [-0.2, -0.15) is 0 Å². The maximum atomic E-state index is 11.9. The van der Waals surface area contributed by atoms with Gasteiger partial charge >= 0.3 is 0 Å². The topological polar surface area (TPSA) is 86.1 Å². The average Bonchev–Trinajstić information content (AvgIpc) is 3.04. The van der Waals surface area contributed by atoms with Crippen molar-refractivity contribution in [1.82, 2.24) is 20.1 Å². The zero-order chi connectivity index (χ0) is 16.4. The molecule has 1 amide bonds. The Bertz CT molecular complexity index is 807. The molecule has 4 rings (SSSR count). The number of nitrogens with one attached hydrogen (secondary N) is 1. The van der Waals surface area contributed by atoms with Crippen LogP contribution in [0.5, 0.6) is 0 Å². The summed E-state index contributed by atoms with van der Waals surface area (Å²) in [5, 5.41) is 12.1. The summed E-state index contributed by atoms with van der Waals surface area (Å²) in [5.74, 6) is 2.36. The van der Waals surface area contributed by atoms with E-state index in [9.17, 15) is 4.79 Å². The Morgan fingerprint density at radius 3 is 2.79 bits per heavy atom. The number of carbonyl (C=O) groups is 1. The molecular weight excluding hydrogens is 328 g/mol. The molecule has 3 aromatic heterocycles. The van der Waals surface area contributed by atoms with Crippen molar-refractivity contribution in [3.05, 3.63) is 42.6 Å². The molecule has 1 aliphatic rings. The van der Waals surface area contributed by atoms with Crippen LogP contribution in [0.2, 0.25) is 0 Å². The Morgan fingerprint density at radius 2 is 2.08 bits per heavy atom. The van der Waals surface area contributed by atoms with E-state index in [1.165, 1.54) is 11.8 Å². The average molecular weight is 344 g/mol. The first-order chi connectivity index (χ1) is 11.8. The third kappa shape index (κ3) is 3.38. The molecule has 7 nitrogen and oxygen atoms in total. The van der Waals surface area contributed by atoms with Crippen molar-refractivity contribution >= 4 is 17.7 Å². The summed E-state index contributed by atoms with van der Waals surface area (Å²) in [6.07, 6.45) is 5.38. The number of amides is 1. The molecule has 0 bridgehead atoms. The highest BCUT2D eigenvalue weighted by Crippen LogP contribution is 2.26. The molecule has 1 N–H and O–H groups in total. The van der Waals surface area contributed by atoms with Crippen molar-refractivity contribution in [2.24, 2.45) is 0 Å². The molecule has 1 aliphatic carbocycles. The van der Waals surface area contributed by atoms with Crippen LogP contribution in [0, 0.1) is 0 Å². The third-order valence-electron chi connectivity index (χ3n) is 3.63. The Morgan fingerprint density at radius 1 is 1.25 bits per heavy atom. The van der Waals surface area contributed by atoms with Gasteiger partial charge in [0.2, 0.25) is 11.7 Å².